The number of methoxy groups -OCH3 is 1. The maximum absolute atomic E-state index is 11.8. The van der Waals surface area contributed by atoms with E-state index in [4.69, 9.17) is 9.47 Å². The summed E-state index contributed by atoms with van der Waals surface area (Å²) in [5.74, 6) is 1.49. The summed E-state index contributed by atoms with van der Waals surface area (Å²) in [4.78, 5) is 13.7. The van der Waals surface area contributed by atoms with Crippen molar-refractivity contribution in [1.82, 2.24) is 10.2 Å². The normalized spacial score (nSPS) is 14.5. The third kappa shape index (κ3) is 4.61. The second-order valence-electron chi connectivity index (χ2n) is 4.09. The zero-order valence-corrected chi connectivity index (χ0v) is 11.7. The Hall–Kier alpha value is -1.46. The highest BCUT2D eigenvalue weighted by atomic mass is 35.5. The van der Waals surface area contributed by atoms with Crippen LogP contribution in [0.1, 0.15) is 0 Å². The Morgan fingerprint density at radius 2 is 1.79 bits per heavy atom. The molecule has 0 bridgehead atoms. The highest BCUT2D eigenvalue weighted by Crippen LogP contribution is 2.16. The molecule has 1 fully saturated rings. The van der Waals surface area contributed by atoms with E-state index in [1.807, 2.05) is 17.0 Å². The van der Waals surface area contributed by atoms with Gasteiger partial charge in [-0.3, -0.25) is 4.79 Å². The van der Waals surface area contributed by atoms with Gasteiger partial charge in [-0.25, -0.2) is 0 Å². The lowest BCUT2D eigenvalue weighted by atomic mass is 10.3. The van der Waals surface area contributed by atoms with Crippen LogP contribution < -0.4 is 14.8 Å². The Kier molecular flexibility index (Phi) is 6.45. The number of halogens is 1. The molecule has 1 aliphatic rings. The zero-order chi connectivity index (χ0) is 12.8. The smallest absolute Gasteiger partial charge is 0.260 e. The molecule has 1 aromatic rings. The second-order valence-corrected chi connectivity index (χ2v) is 4.09. The molecule has 19 heavy (non-hydrogen) atoms. The predicted octanol–water partition coefficient (Wildman–Crippen LogP) is 0.928. The van der Waals surface area contributed by atoms with E-state index < -0.39 is 0 Å². The van der Waals surface area contributed by atoms with Gasteiger partial charge in [-0.2, -0.15) is 0 Å². The number of piperazine rings is 1. The average molecular weight is 287 g/mol. The zero-order valence-electron chi connectivity index (χ0n) is 10.9. The van der Waals surface area contributed by atoms with E-state index in [2.05, 4.69) is 5.32 Å². The fraction of sp³-hybridized carbons (Fsp3) is 0.462. The van der Waals surface area contributed by atoms with E-state index in [9.17, 15) is 4.79 Å². The molecule has 0 saturated carbocycles. The fourth-order valence-corrected chi connectivity index (χ4v) is 1.82. The number of carbonyl (C=O) groups excluding carboxylic acids is 1. The van der Waals surface area contributed by atoms with Crippen molar-refractivity contribution >= 4 is 18.3 Å². The quantitative estimate of drug-likeness (QED) is 0.895. The van der Waals surface area contributed by atoms with Gasteiger partial charge in [-0.05, 0) is 24.3 Å². The number of nitrogens with one attached hydrogen (secondary N) is 1. The average Bonchev–Trinajstić information content (AvgIpc) is 2.46. The van der Waals surface area contributed by atoms with Crippen molar-refractivity contribution in [2.45, 2.75) is 0 Å². The Labute approximate surface area is 119 Å². The summed E-state index contributed by atoms with van der Waals surface area (Å²) in [7, 11) is 1.61. The number of ether oxygens (including phenoxy) is 2. The number of hydrogen-bond acceptors (Lipinski definition) is 4. The molecule has 0 radical (unpaired) electrons. The number of hydrogen-bond donors (Lipinski definition) is 1. The second kappa shape index (κ2) is 7.86. The van der Waals surface area contributed by atoms with Crippen LogP contribution >= 0.6 is 12.4 Å². The molecule has 1 saturated heterocycles. The van der Waals surface area contributed by atoms with Gasteiger partial charge in [0, 0.05) is 26.2 Å². The van der Waals surface area contributed by atoms with Crippen molar-refractivity contribution in [2.24, 2.45) is 0 Å². The van der Waals surface area contributed by atoms with Crippen LogP contribution in [0.2, 0.25) is 0 Å². The summed E-state index contributed by atoms with van der Waals surface area (Å²) in [6.45, 7) is 3.31. The molecule has 2 rings (SSSR count). The lowest BCUT2D eigenvalue weighted by Gasteiger charge is -2.27. The van der Waals surface area contributed by atoms with Crippen molar-refractivity contribution in [3.05, 3.63) is 24.3 Å². The van der Waals surface area contributed by atoms with E-state index >= 15 is 0 Å². The van der Waals surface area contributed by atoms with Crippen molar-refractivity contribution < 1.29 is 14.3 Å². The summed E-state index contributed by atoms with van der Waals surface area (Å²) in [5.41, 5.74) is 0. The number of carbonyl (C=O) groups is 1. The molecule has 0 aliphatic carbocycles. The first-order chi connectivity index (χ1) is 8.79. The van der Waals surface area contributed by atoms with Crippen molar-refractivity contribution in [1.29, 1.82) is 0 Å². The molecule has 0 spiro atoms. The minimum absolute atomic E-state index is 0. The van der Waals surface area contributed by atoms with Gasteiger partial charge >= 0.3 is 0 Å². The molecule has 1 amide bonds. The summed E-state index contributed by atoms with van der Waals surface area (Å²) < 4.78 is 10.5. The highest BCUT2D eigenvalue weighted by molar-refractivity contribution is 5.85. The van der Waals surface area contributed by atoms with Crippen LogP contribution in [-0.2, 0) is 4.79 Å². The molecule has 1 heterocycles. The molecule has 5 nitrogen and oxygen atoms in total. The lowest BCUT2D eigenvalue weighted by molar-refractivity contribution is -0.133. The Balaban J connectivity index is 0.00000180. The van der Waals surface area contributed by atoms with Gasteiger partial charge in [0.15, 0.2) is 6.61 Å². The predicted molar refractivity (Wildman–Crippen MR) is 75.2 cm³/mol. The first-order valence-electron chi connectivity index (χ1n) is 6.05. The van der Waals surface area contributed by atoms with Crippen LogP contribution in [0.4, 0.5) is 0 Å². The first kappa shape index (κ1) is 15.6. The molecule has 106 valence electrons. The van der Waals surface area contributed by atoms with E-state index in [0.29, 0.717) is 5.75 Å². The molecular weight excluding hydrogens is 268 g/mol. The first-order valence-corrected chi connectivity index (χ1v) is 6.05. The molecular formula is C13H19ClN2O3. The van der Waals surface area contributed by atoms with E-state index in [-0.39, 0.29) is 24.9 Å². The minimum Gasteiger partial charge on any atom is -0.497 e. The van der Waals surface area contributed by atoms with Crippen LogP contribution in [0.5, 0.6) is 11.5 Å². The number of benzene rings is 1. The Bertz CT molecular complexity index is 391. The highest BCUT2D eigenvalue weighted by Gasteiger charge is 2.16. The molecule has 1 aliphatic heterocycles. The summed E-state index contributed by atoms with van der Waals surface area (Å²) >= 11 is 0. The van der Waals surface area contributed by atoms with Gasteiger partial charge in [0.05, 0.1) is 7.11 Å². The topological polar surface area (TPSA) is 50.8 Å². The number of rotatable bonds is 4. The van der Waals surface area contributed by atoms with Crippen LogP contribution in [0.3, 0.4) is 0 Å². The molecule has 6 heteroatoms. The monoisotopic (exact) mass is 286 g/mol. The van der Waals surface area contributed by atoms with Crippen molar-refractivity contribution in [3.63, 3.8) is 0 Å². The van der Waals surface area contributed by atoms with Gasteiger partial charge in [0.2, 0.25) is 0 Å². The molecule has 0 aromatic heterocycles. The van der Waals surface area contributed by atoms with E-state index in [0.717, 1.165) is 31.9 Å². The van der Waals surface area contributed by atoms with E-state index in [1.54, 1.807) is 19.2 Å². The van der Waals surface area contributed by atoms with Gasteiger partial charge in [-0.1, -0.05) is 0 Å². The van der Waals surface area contributed by atoms with E-state index in [1.165, 1.54) is 0 Å². The maximum Gasteiger partial charge on any atom is 0.260 e. The number of nitrogens with zero attached hydrogens (tertiary/aromatic N) is 1. The van der Waals surface area contributed by atoms with Crippen LogP contribution in [0.15, 0.2) is 24.3 Å². The summed E-state index contributed by atoms with van der Waals surface area (Å²) in [6, 6.07) is 7.21. The summed E-state index contributed by atoms with van der Waals surface area (Å²) in [6.07, 6.45) is 0. The Morgan fingerprint density at radius 1 is 1.21 bits per heavy atom. The molecule has 0 atom stereocenters. The number of amides is 1. The van der Waals surface area contributed by atoms with Gasteiger partial charge in [0.25, 0.3) is 5.91 Å². The van der Waals surface area contributed by atoms with Gasteiger partial charge in [-0.15, -0.1) is 12.4 Å². The van der Waals surface area contributed by atoms with Gasteiger partial charge < -0.3 is 19.7 Å². The molecule has 1 aromatic carbocycles. The molecule has 1 N–H and O–H groups in total. The summed E-state index contributed by atoms with van der Waals surface area (Å²) in [5, 5.41) is 3.21. The molecule has 0 unspecified atom stereocenters. The van der Waals surface area contributed by atoms with Crippen LogP contribution in [0, 0.1) is 0 Å². The lowest BCUT2D eigenvalue weighted by Crippen LogP contribution is -2.47. The van der Waals surface area contributed by atoms with Crippen molar-refractivity contribution in [3.8, 4) is 11.5 Å². The third-order valence-electron chi connectivity index (χ3n) is 2.89. The Morgan fingerprint density at radius 3 is 2.37 bits per heavy atom. The van der Waals surface area contributed by atoms with Crippen LogP contribution in [0.25, 0.3) is 0 Å². The maximum atomic E-state index is 11.8. The third-order valence-corrected chi connectivity index (χ3v) is 2.89. The minimum atomic E-state index is 0. The standard InChI is InChI=1S/C13H18N2O3.ClH/c1-17-11-2-4-12(5-3-11)18-10-13(16)15-8-6-14-7-9-15;/h2-5,14H,6-10H2,1H3;1H. The van der Waals surface area contributed by atoms with Crippen molar-refractivity contribution in [2.75, 3.05) is 39.9 Å². The van der Waals surface area contributed by atoms with Gasteiger partial charge in [0.1, 0.15) is 11.5 Å². The fourth-order valence-electron chi connectivity index (χ4n) is 1.82. The largest absolute Gasteiger partial charge is 0.497 e. The van der Waals surface area contributed by atoms with Crippen LogP contribution in [-0.4, -0.2) is 50.7 Å². The SMILES string of the molecule is COc1ccc(OCC(=O)N2CCNCC2)cc1.Cl.